The molecule has 0 aromatic heterocycles. The molecule has 0 aliphatic heterocycles. The molecule has 90 valence electrons. The fourth-order valence-corrected chi connectivity index (χ4v) is 3.63. The second kappa shape index (κ2) is 5.45. The van der Waals surface area contributed by atoms with Crippen LogP contribution in [0.25, 0.3) is 0 Å². The van der Waals surface area contributed by atoms with E-state index in [4.69, 9.17) is 8.85 Å². The van der Waals surface area contributed by atoms with E-state index >= 15 is 0 Å². The fourth-order valence-electron chi connectivity index (χ4n) is 1.44. The first kappa shape index (κ1) is 13.2. The second-order valence-electron chi connectivity index (χ2n) is 3.42. The smallest absolute Gasteiger partial charge is 0.479 e. The van der Waals surface area contributed by atoms with E-state index in [0.29, 0.717) is 5.19 Å². The van der Waals surface area contributed by atoms with E-state index in [1.54, 1.807) is 24.3 Å². The lowest BCUT2D eigenvalue weighted by Crippen LogP contribution is -2.54. The van der Waals surface area contributed by atoms with E-state index in [-0.39, 0.29) is 0 Å². The standard InChI is InChI=1S/C12H14O4Si/c1-4-17(15-10(2)13,16-11(3)14)12-8-6-5-7-9-12/h4-9H,1H2,2-3H3. The molecule has 1 aromatic rings. The lowest BCUT2D eigenvalue weighted by Gasteiger charge is -2.25. The number of hydrogen-bond acceptors (Lipinski definition) is 4. The van der Waals surface area contributed by atoms with Crippen molar-refractivity contribution in [3.8, 4) is 0 Å². The quantitative estimate of drug-likeness (QED) is 0.753. The van der Waals surface area contributed by atoms with Crippen molar-refractivity contribution in [3.05, 3.63) is 42.6 Å². The zero-order valence-electron chi connectivity index (χ0n) is 9.80. The van der Waals surface area contributed by atoms with Gasteiger partial charge < -0.3 is 8.85 Å². The van der Waals surface area contributed by atoms with Crippen LogP contribution in [0, 0.1) is 0 Å². The third-order valence-corrected chi connectivity index (χ3v) is 4.89. The summed E-state index contributed by atoms with van der Waals surface area (Å²) < 4.78 is 10.4. The Bertz CT molecular complexity index is 411. The lowest BCUT2D eigenvalue weighted by atomic mass is 10.4. The van der Waals surface area contributed by atoms with Crippen LogP contribution in [0.15, 0.2) is 42.6 Å². The van der Waals surface area contributed by atoms with Crippen LogP contribution in [0.3, 0.4) is 0 Å². The highest BCUT2D eigenvalue weighted by atomic mass is 28.4. The predicted octanol–water partition coefficient (Wildman–Crippen LogP) is 1.19. The summed E-state index contributed by atoms with van der Waals surface area (Å²) in [6.07, 6.45) is 0. The molecule has 1 aromatic carbocycles. The molecular formula is C12H14O4Si. The molecule has 4 nitrogen and oxygen atoms in total. The number of rotatable bonds is 4. The molecule has 0 unspecified atom stereocenters. The largest absolute Gasteiger partial charge is 0.526 e. The monoisotopic (exact) mass is 250 g/mol. The van der Waals surface area contributed by atoms with E-state index in [1.807, 2.05) is 6.07 Å². The Kier molecular flexibility index (Phi) is 4.22. The minimum absolute atomic E-state index is 0.498. The predicted molar refractivity (Wildman–Crippen MR) is 65.6 cm³/mol. The van der Waals surface area contributed by atoms with Crippen LogP contribution in [0.2, 0.25) is 0 Å². The SMILES string of the molecule is C=C[Si](OC(C)=O)(OC(C)=O)c1ccccc1. The van der Waals surface area contributed by atoms with E-state index in [2.05, 4.69) is 6.58 Å². The summed E-state index contributed by atoms with van der Waals surface area (Å²) in [5.74, 6) is -0.997. The van der Waals surface area contributed by atoms with E-state index < -0.39 is 20.5 Å². The first-order valence-electron chi connectivity index (χ1n) is 5.08. The lowest BCUT2D eigenvalue weighted by molar-refractivity contribution is -0.138. The van der Waals surface area contributed by atoms with Crippen LogP contribution in [-0.4, -0.2) is 20.5 Å². The van der Waals surface area contributed by atoms with Gasteiger partial charge in [0.1, 0.15) is 0 Å². The average molecular weight is 250 g/mol. The van der Waals surface area contributed by atoms with Crippen molar-refractivity contribution in [2.45, 2.75) is 13.8 Å². The molecule has 17 heavy (non-hydrogen) atoms. The molecule has 0 bridgehead atoms. The molecule has 5 heteroatoms. The van der Waals surface area contributed by atoms with Gasteiger partial charge in [0.25, 0.3) is 11.9 Å². The highest BCUT2D eigenvalue weighted by Gasteiger charge is 2.43. The molecule has 0 aliphatic rings. The fraction of sp³-hybridized carbons (Fsp3) is 0.167. The van der Waals surface area contributed by atoms with Crippen molar-refractivity contribution < 1.29 is 18.4 Å². The minimum Gasteiger partial charge on any atom is -0.479 e. The molecule has 0 heterocycles. The Hall–Kier alpha value is -1.88. The summed E-state index contributed by atoms with van der Waals surface area (Å²) >= 11 is 0. The summed E-state index contributed by atoms with van der Waals surface area (Å²) in [6, 6.07) is 8.90. The van der Waals surface area contributed by atoms with Gasteiger partial charge in [-0.1, -0.05) is 36.9 Å². The van der Waals surface area contributed by atoms with Crippen LogP contribution < -0.4 is 5.19 Å². The molecule has 0 fully saturated rings. The molecule has 0 spiro atoms. The topological polar surface area (TPSA) is 52.6 Å². The number of benzene rings is 1. The molecule has 0 N–H and O–H groups in total. The van der Waals surface area contributed by atoms with Crippen LogP contribution in [0.4, 0.5) is 0 Å². The van der Waals surface area contributed by atoms with Crippen LogP contribution in [0.5, 0.6) is 0 Å². The normalized spacial score (nSPS) is 10.5. The van der Waals surface area contributed by atoms with Crippen molar-refractivity contribution in [3.63, 3.8) is 0 Å². The minimum atomic E-state index is -3.21. The maximum atomic E-state index is 11.1. The summed E-state index contributed by atoms with van der Waals surface area (Å²) in [5.41, 5.74) is 1.42. The van der Waals surface area contributed by atoms with E-state index in [9.17, 15) is 9.59 Å². The third kappa shape index (κ3) is 3.29. The molecule has 0 saturated heterocycles. The maximum absolute atomic E-state index is 11.1. The van der Waals surface area contributed by atoms with Gasteiger partial charge in [0.05, 0.1) is 0 Å². The van der Waals surface area contributed by atoms with Crippen molar-refractivity contribution in [2.24, 2.45) is 0 Å². The Labute approximate surface area is 101 Å². The molecular weight excluding hydrogens is 236 g/mol. The highest BCUT2D eigenvalue weighted by molar-refractivity contribution is 6.87. The Morgan fingerprint density at radius 3 is 1.94 bits per heavy atom. The van der Waals surface area contributed by atoms with Gasteiger partial charge in [0.2, 0.25) is 0 Å². The average Bonchev–Trinajstić information content (AvgIpc) is 2.28. The summed E-state index contributed by atoms with van der Waals surface area (Å²) in [4.78, 5) is 22.3. The summed E-state index contributed by atoms with van der Waals surface area (Å²) in [5, 5.41) is 0.667. The first-order chi connectivity index (χ1) is 8.00. The van der Waals surface area contributed by atoms with Crippen molar-refractivity contribution in [1.29, 1.82) is 0 Å². The zero-order chi connectivity index (χ0) is 12.9. The van der Waals surface area contributed by atoms with Gasteiger partial charge in [0, 0.05) is 19.0 Å². The molecule has 0 amide bonds. The van der Waals surface area contributed by atoms with Crippen molar-refractivity contribution >= 4 is 25.7 Å². The Morgan fingerprint density at radius 1 is 1.12 bits per heavy atom. The van der Waals surface area contributed by atoms with Crippen LogP contribution in [0.1, 0.15) is 13.8 Å². The summed E-state index contributed by atoms with van der Waals surface area (Å²) in [7, 11) is -3.21. The van der Waals surface area contributed by atoms with Crippen LogP contribution in [-0.2, 0) is 18.4 Å². The van der Waals surface area contributed by atoms with Crippen molar-refractivity contribution in [1.82, 2.24) is 0 Å². The van der Waals surface area contributed by atoms with Crippen LogP contribution >= 0.6 is 0 Å². The third-order valence-electron chi connectivity index (χ3n) is 2.04. The van der Waals surface area contributed by atoms with Gasteiger partial charge in [0.15, 0.2) is 0 Å². The summed E-state index contributed by atoms with van der Waals surface area (Å²) in [6.45, 7) is 6.17. The molecule has 0 aliphatic carbocycles. The second-order valence-corrected chi connectivity index (χ2v) is 6.15. The molecule has 1 rings (SSSR count). The molecule has 0 saturated carbocycles. The van der Waals surface area contributed by atoms with Gasteiger partial charge in [-0.2, -0.15) is 0 Å². The van der Waals surface area contributed by atoms with Gasteiger partial charge in [-0.05, 0) is 5.70 Å². The first-order valence-corrected chi connectivity index (χ1v) is 6.98. The van der Waals surface area contributed by atoms with Gasteiger partial charge >= 0.3 is 8.56 Å². The number of carbonyl (C=O) groups excluding carboxylic acids is 2. The van der Waals surface area contributed by atoms with Gasteiger partial charge in [-0.15, -0.1) is 0 Å². The Balaban J connectivity index is 3.20. The van der Waals surface area contributed by atoms with E-state index in [1.165, 1.54) is 19.5 Å². The maximum Gasteiger partial charge on any atom is 0.526 e. The number of carbonyl (C=O) groups is 2. The van der Waals surface area contributed by atoms with Gasteiger partial charge in [-0.25, -0.2) is 0 Å². The zero-order valence-corrected chi connectivity index (χ0v) is 10.8. The number of hydrogen-bond donors (Lipinski definition) is 0. The Morgan fingerprint density at radius 2 is 1.59 bits per heavy atom. The van der Waals surface area contributed by atoms with E-state index in [0.717, 1.165) is 0 Å². The molecule has 0 atom stereocenters. The highest BCUT2D eigenvalue weighted by Crippen LogP contribution is 2.10. The van der Waals surface area contributed by atoms with Gasteiger partial charge in [-0.3, -0.25) is 9.59 Å². The molecule has 0 radical (unpaired) electrons. The van der Waals surface area contributed by atoms with Crippen molar-refractivity contribution in [2.75, 3.05) is 0 Å².